The first-order valence-corrected chi connectivity index (χ1v) is 9.64. The largest absolute Gasteiger partial charge is 0.481 e. The summed E-state index contributed by atoms with van der Waals surface area (Å²) in [6.45, 7) is 1.13. The Kier molecular flexibility index (Phi) is 7.14. The van der Waals surface area contributed by atoms with E-state index in [0.717, 1.165) is 51.4 Å². The Balaban J connectivity index is 2.10. The van der Waals surface area contributed by atoms with Gasteiger partial charge in [0.25, 0.3) is 0 Å². The highest BCUT2D eigenvalue weighted by atomic mass is 16.8. The van der Waals surface area contributed by atoms with Crippen LogP contribution in [0.15, 0.2) is 0 Å². The lowest BCUT2D eigenvalue weighted by Crippen LogP contribution is -2.62. The number of piperidine rings is 1. The molecule has 1 saturated carbocycles. The van der Waals surface area contributed by atoms with E-state index in [1.54, 1.807) is 0 Å². The Morgan fingerprint density at radius 2 is 1.62 bits per heavy atom. The predicted molar refractivity (Wildman–Crippen MR) is 94.4 cm³/mol. The number of carboxylic acids is 1. The van der Waals surface area contributed by atoms with Gasteiger partial charge in [-0.25, -0.2) is 9.59 Å². The summed E-state index contributed by atoms with van der Waals surface area (Å²) in [6.07, 6.45) is 7.19. The number of carbonyl (C=O) groups is 3. The van der Waals surface area contributed by atoms with Crippen LogP contribution in [0, 0.1) is 5.41 Å². The molecule has 0 unspecified atom stereocenters. The maximum Gasteiger partial charge on any atom is 0.372 e. The van der Waals surface area contributed by atoms with Crippen molar-refractivity contribution < 1.29 is 29.0 Å². The molecule has 0 aromatic carbocycles. The molecule has 0 aromatic heterocycles. The van der Waals surface area contributed by atoms with Crippen LogP contribution in [0.4, 0.5) is 0 Å². The van der Waals surface area contributed by atoms with Crippen molar-refractivity contribution in [1.29, 1.82) is 0 Å². The molecule has 2 fully saturated rings. The van der Waals surface area contributed by atoms with E-state index in [0.29, 0.717) is 19.6 Å². The summed E-state index contributed by atoms with van der Waals surface area (Å²) < 4.78 is -0.478. The number of nitrogens with two attached hydrogens (primary N) is 2. The number of likely N-dealkylation sites (tertiary alicyclic amines) is 1. The molecule has 0 spiro atoms. The summed E-state index contributed by atoms with van der Waals surface area (Å²) in [5, 5.41) is 8.92. The van der Waals surface area contributed by atoms with Gasteiger partial charge < -0.3 is 16.6 Å². The van der Waals surface area contributed by atoms with Gasteiger partial charge in [0, 0.05) is 12.8 Å². The van der Waals surface area contributed by atoms with E-state index >= 15 is 0 Å². The highest BCUT2D eigenvalue weighted by molar-refractivity contribution is 5.82. The van der Waals surface area contributed by atoms with Crippen LogP contribution in [0.5, 0.6) is 0 Å². The number of quaternary nitrogens is 1. The molecule has 1 amide bonds. The predicted octanol–water partition coefficient (Wildman–Crippen LogP) is 1.07. The topological polar surface area (TPSA) is 133 Å². The summed E-state index contributed by atoms with van der Waals surface area (Å²) >= 11 is 0. The van der Waals surface area contributed by atoms with Gasteiger partial charge in [-0.2, -0.15) is 0 Å². The quantitative estimate of drug-likeness (QED) is 0.596. The Hall–Kier alpha value is -1.51. The van der Waals surface area contributed by atoms with E-state index < -0.39 is 35.0 Å². The molecule has 1 aliphatic carbocycles. The second-order valence-electron chi connectivity index (χ2n) is 7.84. The van der Waals surface area contributed by atoms with E-state index in [9.17, 15) is 14.4 Å². The molecule has 0 aromatic rings. The fourth-order valence-electron chi connectivity index (χ4n) is 4.25. The average molecular weight is 370 g/mol. The van der Waals surface area contributed by atoms with Gasteiger partial charge >= 0.3 is 17.8 Å². The van der Waals surface area contributed by atoms with Crippen molar-refractivity contribution in [2.45, 2.75) is 70.3 Å². The second kappa shape index (κ2) is 8.92. The summed E-state index contributed by atoms with van der Waals surface area (Å²) in [6, 6.07) is -1.18. The third-order valence-electron chi connectivity index (χ3n) is 5.80. The van der Waals surface area contributed by atoms with Gasteiger partial charge in [-0.1, -0.05) is 23.9 Å². The second-order valence-corrected chi connectivity index (χ2v) is 7.84. The van der Waals surface area contributed by atoms with Crippen molar-refractivity contribution in [3.63, 3.8) is 0 Å². The average Bonchev–Trinajstić information content (AvgIpc) is 2.61. The van der Waals surface area contributed by atoms with Gasteiger partial charge in [0.1, 0.15) is 19.1 Å². The van der Waals surface area contributed by atoms with Gasteiger partial charge in [-0.05, 0) is 31.2 Å². The van der Waals surface area contributed by atoms with E-state index in [4.69, 9.17) is 21.4 Å². The molecule has 148 valence electrons. The summed E-state index contributed by atoms with van der Waals surface area (Å²) in [4.78, 5) is 42.1. The van der Waals surface area contributed by atoms with Crippen LogP contribution in [0.3, 0.4) is 0 Å². The highest BCUT2D eigenvalue weighted by Gasteiger charge is 2.47. The zero-order chi connectivity index (χ0) is 19.2. The van der Waals surface area contributed by atoms with Crippen LogP contribution in [-0.4, -0.2) is 53.3 Å². The van der Waals surface area contributed by atoms with E-state index in [-0.39, 0.29) is 11.8 Å². The van der Waals surface area contributed by atoms with Gasteiger partial charge in [0.2, 0.25) is 0 Å². The van der Waals surface area contributed by atoms with Crippen molar-refractivity contribution in [2.24, 2.45) is 16.9 Å². The highest BCUT2D eigenvalue weighted by Crippen LogP contribution is 2.39. The van der Waals surface area contributed by atoms with Gasteiger partial charge in [-0.15, -0.1) is 0 Å². The van der Waals surface area contributed by atoms with E-state index in [1.807, 2.05) is 0 Å². The zero-order valence-electron chi connectivity index (χ0n) is 15.5. The van der Waals surface area contributed by atoms with Crippen molar-refractivity contribution in [3.8, 4) is 0 Å². The minimum atomic E-state index is -1.18. The number of nitrogens with zero attached hydrogens (tertiary/aromatic N) is 1. The smallest absolute Gasteiger partial charge is 0.372 e. The number of carbonyl (C=O) groups excluding carboxylic acids is 2. The number of hydrogen-bond donors (Lipinski definition) is 3. The normalized spacial score (nSPS) is 23.0. The minimum absolute atomic E-state index is 0.199. The minimum Gasteiger partial charge on any atom is -0.481 e. The van der Waals surface area contributed by atoms with Crippen molar-refractivity contribution in [2.75, 3.05) is 19.6 Å². The first-order valence-electron chi connectivity index (χ1n) is 9.64. The van der Waals surface area contributed by atoms with Crippen molar-refractivity contribution >= 4 is 17.8 Å². The standard InChI is InChI=1S/C18H31N3O5/c19-13-18(7-3-1-4-8-18)12-16(24)26-21(9-5-2-6-10-21)17(25)14(20)11-15(22)23/h14H,1-13,19-20H2/p+1/t14-/m0/s1. The lowest BCUT2D eigenvalue weighted by atomic mass is 9.72. The monoisotopic (exact) mass is 370 g/mol. The van der Waals surface area contributed by atoms with E-state index in [1.165, 1.54) is 0 Å². The first-order chi connectivity index (χ1) is 12.3. The summed E-state index contributed by atoms with van der Waals surface area (Å²) in [5.74, 6) is -2.10. The fraction of sp³-hybridized carbons (Fsp3) is 0.833. The molecule has 5 N–H and O–H groups in total. The molecule has 1 atom stereocenters. The van der Waals surface area contributed by atoms with Crippen LogP contribution in [0.1, 0.15) is 64.2 Å². The molecule has 2 rings (SSSR count). The molecule has 1 saturated heterocycles. The molecular weight excluding hydrogens is 338 g/mol. The van der Waals surface area contributed by atoms with Crippen LogP contribution >= 0.6 is 0 Å². The number of amides is 1. The van der Waals surface area contributed by atoms with Crippen LogP contribution in [-0.2, 0) is 19.2 Å². The fourth-order valence-corrected chi connectivity index (χ4v) is 4.25. The Bertz CT molecular complexity index is 525. The van der Waals surface area contributed by atoms with Gasteiger partial charge in [-0.3, -0.25) is 9.63 Å². The molecule has 1 aliphatic heterocycles. The molecule has 2 aliphatic rings. The van der Waals surface area contributed by atoms with Crippen LogP contribution < -0.4 is 11.5 Å². The number of hydroxylamine groups is 3. The maximum absolute atomic E-state index is 12.8. The zero-order valence-corrected chi connectivity index (χ0v) is 15.5. The Morgan fingerprint density at radius 1 is 1.04 bits per heavy atom. The van der Waals surface area contributed by atoms with Crippen molar-refractivity contribution in [1.82, 2.24) is 0 Å². The molecule has 26 heavy (non-hydrogen) atoms. The molecule has 0 bridgehead atoms. The number of rotatable bonds is 6. The third-order valence-corrected chi connectivity index (χ3v) is 5.80. The summed E-state index contributed by atoms with van der Waals surface area (Å²) in [7, 11) is 0. The molecule has 1 heterocycles. The molecule has 8 heteroatoms. The van der Waals surface area contributed by atoms with Crippen molar-refractivity contribution in [3.05, 3.63) is 0 Å². The Morgan fingerprint density at radius 3 is 2.15 bits per heavy atom. The SMILES string of the molecule is NCC1(CC(=O)O[N+]2(C(=O)[C@@H](N)CC(=O)O)CCCCC2)CCCCC1. The maximum atomic E-state index is 12.8. The number of hydrogen-bond acceptors (Lipinski definition) is 6. The summed E-state index contributed by atoms with van der Waals surface area (Å²) in [5.41, 5.74) is 11.5. The third kappa shape index (κ3) is 5.02. The molecule has 8 nitrogen and oxygen atoms in total. The molecule has 0 radical (unpaired) electrons. The lowest BCUT2D eigenvalue weighted by Gasteiger charge is -2.39. The van der Waals surface area contributed by atoms with Crippen LogP contribution in [0.2, 0.25) is 0 Å². The number of aliphatic carboxylic acids is 1. The Labute approximate surface area is 154 Å². The van der Waals surface area contributed by atoms with Crippen LogP contribution in [0.25, 0.3) is 0 Å². The van der Waals surface area contributed by atoms with Gasteiger partial charge in [0.05, 0.1) is 12.8 Å². The number of carboxylic acid groups (broad SMARTS) is 1. The molecular formula is C18H32N3O5+. The first kappa shape index (κ1) is 20.8. The van der Waals surface area contributed by atoms with E-state index in [2.05, 4.69) is 0 Å². The lowest BCUT2D eigenvalue weighted by molar-refractivity contribution is -1.03. The van der Waals surface area contributed by atoms with Gasteiger partial charge in [0.15, 0.2) is 0 Å².